The fourth-order valence-electron chi connectivity index (χ4n) is 2.98. The summed E-state index contributed by atoms with van der Waals surface area (Å²) in [6.07, 6.45) is 2.85. The van der Waals surface area contributed by atoms with E-state index in [9.17, 15) is 4.79 Å². The number of carbonyl (C=O) groups is 1. The summed E-state index contributed by atoms with van der Waals surface area (Å²) in [6.45, 7) is 8.15. The van der Waals surface area contributed by atoms with Crippen LogP contribution in [0.2, 0.25) is 5.02 Å². The van der Waals surface area contributed by atoms with Crippen molar-refractivity contribution >= 4 is 17.5 Å². The standard InChI is InChI=1S/C20H23ClN2O3/c1-2-9-22-10-4-11-23(13-12-22)20(24)19-8-7-18(26-19)15-25-17-6-3-5-16(21)14-17/h2-3,5-8,14H,1,4,9-13,15H2. The number of ether oxygens (including phenoxy) is 1. The summed E-state index contributed by atoms with van der Waals surface area (Å²) in [5.74, 6) is 1.55. The Labute approximate surface area is 158 Å². The van der Waals surface area contributed by atoms with Crippen molar-refractivity contribution in [3.8, 4) is 5.75 Å². The fourth-order valence-corrected chi connectivity index (χ4v) is 3.16. The second-order valence-electron chi connectivity index (χ2n) is 6.25. The third-order valence-electron chi connectivity index (χ3n) is 4.31. The summed E-state index contributed by atoms with van der Waals surface area (Å²) in [6, 6.07) is 10.7. The number of halogens is 1. The van der Waals surface area contributed by atoms with Crippen LogP contribution < -0.4 is 4.74 Å². The highest BCUT2D eigenvalue weighted by molar-refractivity contribution is 6.30. The maximum atomic E-state index is 12.7. The van der Waals surface area contributed by atoms with Crippen LogP contribution in [0.5, 0.6) is 5.75 Å². The van der Waals surface area contributed by atoms with E-state index in [1.165, 1.54) is 0 Å². The molecule has 0 unspecified atom stereocenters. The second kappa shape index (κ2) is 8.92. The molecule has 26 heavy (non-hydrogen) atoms. The number of benzene rings is 1. The van der Waals surface area contributed by atoms with Gasteiger partial charge in [0.1, 0.15) is 18.1 Å². The number of hydrogen-bond donors (Lipinski definition) is 0. The quantitative estimate of drug-likeness (QED) is 0.720. The van der Waals surface area contributed by atoms with Crippen LogP contribution in [0.15, 0.2) is 53.5 Å². The van der Waals surface area contributed by atoms with Gasteiger partial charge in [-0.15, -0.1) is 6.58 Å². The van der Waals surface area contributed by atoms with Gasteiger partial charge in [-0.3, -0.25) is 9.69 Å². The molecule has 1 aromatic carbocycles. The molecule has 0 spiro atoms. The number of amides is 1. The van der Waals surface area contributed by atoms with Gasteiger partial charge < -0.3 is 14.1 Å². The van der Waals surface area contributed by atoms with E-state index < -0.39 is 0 Å². The predicted octanol–water partition coefficient (Wildman–Crippen LogP) is 3.85. The van der Waals surface area contributed by atoms with Gasteiger partial charge in [-0.2, -0.15) is 0 Å². The van der Waals surface area contributed by atoms with Gasteiger partial charge in [-0.05, 0) is 36.8 Å². The molecule has 2 heterocycles. The van der Waals surface area contributed by atoms with Gasteiger partial charge in [-0.25, -0.2) is 0 Å². The van der Waals surface area contributed by atoms with Crippen LogP contribution in [0.25, 0.3) is 0 Å². The Bertz CT molecular complexity index is 759. The first kappa shape index (κ1) is 18.5. The lowest BCUT2D eigenvalue weighted by atomic mass is 10.3. The molecule has 138 valence electrons. The van der Waals surface area contributed by atoms with E-state index in [0.717, 1.165) is 32.6 Å². The van der Waals surface area contributed by atoms with Crippen molar-refractivity contribution in [2.75, 3.05) is 32.7 Å². The van der Waals surface area contributed by atoms with Gasteiger partial charge in [0.15, 0.2) is 5.76 Å². The van der Waals surface area contributed by atoms with Crippen LogP contribution in [0.1, 0.15) is 22.7 Å². The van der Waals surface area contributed by atoms with Gasteiger partial charge in [-0.1, -0.05) is 23.7 Å². The van der Waals surface area contributed by atoms with Crippen LogP contribution in [0.3, 0.4) is 0 Å². The van der Waals surface area contributed by atoms with E-state index in [-0.39, 0.29) is 12.5 Å². The molecule has 1 fully saturated rings. The Kier molecular flexibility index (Phi) is 6.36. The molecule has 3 rings (SSSR count). The average Bonchev–Trinajstić information content (AvgIpc) is 2.99. The zero-order chi connectivity index (χ0) is 18.4. The highest BCUT2D eigenvalue weighted by Gasteiger charge is 2.22. The molecule has 1 saturated heterocycles. The fraction of sp³-hybridized carbons (Fsp3) is 0.350. The first-order chi connectivity index (χ1) is 12.7. The maximum absolute atomic E-state index is 12.7. The monoisotopic (exact) mass is 374 g/mol. The highest BCUT2D eigenvalue weighted by atomic mass is 35.5. The number of carbonyl (C=O) groups excluding carboxylic acids is 1. The van der Waals surface area contributed by atoms with Gasteiger partial charge >= 0.3 is 0 Å². The van der Waals surface area contributed by atoms with Gasteiger partial charge in [0.25, 0.3) is 5.91 Å². The molecular weight excluding hydrogens is 352 g/mol. The largest absolute Gasteiger partial charge is 0.486 e. The Morgan fingerprint density at radius 2 is 2.12 bits per heavy atom. The zero-order valence-electron chi connectivity index (χ0n) is 14.7. The molecule has 0 aliphatic carbocycles. The zero-order valence-corrected chi connectivity index (χ0v) is 15.5. The topological polar surface area (TPSA) is 45.9 Å². The molecule has 1 aromatic heterocycles. The van der Waals surface area contributed by atoms with Crippen molar-refractivity contribution in [2.45, 2.75) is 13.0 Å². The SMILES string of the molecule is C=CCN1CCCN(C(=O)c2ccc(COc3cccc(Cl)c3)o2)CC1. The molecule has 1 aliphatic heterocycles. The lowest BCUT2D eigenvalue weighted by Gasteiger charge is -2.20. The number of rotatable bonds is 6. The third kappa shape index (κ3) is 4.90. The van der Waals surface area contributed by atoms with Gasteiger partial charge in [0.2, 0.25) is 0 Å². The summed E-state index contributed by atoms with van der Waals surface area (Å²) in [4.78, 5) is 16.8. The van der Waals surface area contributed by atoms with E-state index in [0.29, 0.717) is 28.8 Å². The molecule has 0 atom stereocenters. The van der Waals surface area contributed by atoms with E-state index in [4.69, 9.17) is 20.8 Å². The normalized spacial score (nSPS) is 15.5. The first-order valence-electron chi connectivity index (χ1n) is 8.75. The summed E-state index contributed by atoms with van der Waals surface area (Å²) in [7, 11) is 0. The van der Waals surface area contributed by atoms with E-state index in [1.807, 2.05) is 23.1 Å². The van der Waals surface area contributed by atoms with E-state index >= 15 is 0 Å². The summed E-state index contributed by atoms with van der Waals surface area (Å²) >= 11 is 5.94. The molecule has 1 amide bonds. The molecule has 0 N–H and O–H groups in total. The Hall–Kier alpha value is -2.24. The predicted molar refractivity (Wildman–Crippen MR) is 102 cm³/mol. The number of furan rings is 1. The molecule has 0 bridgehead atoms. The lowest BCUT2D eigenvalue weighted by molar-refractivity contribution is 0.0726. The second-order valence-corrected chi connectivity index (χ2v) is 6.68. The number of nitrogens with zero attached hydrogens (tertiary/aromatic N) is 2. The van der Waals surface area contributed by atoms with Crippen molar-refractivity contribution in [3.05, 3.63) is 65.6 Å². The molecule has 2 aromatic rings. The van der Waals surface area contributed by atoms with Crippen LogP contribution in [-0.2, 0) is 6.61 Å². The number of hydrogen-bond acceptors (Lipinski definition) is 4. The minimum Gasteiger partial charge on any atom is -0.486 e. The first-order valence-corrected chi connectivity index (χ1v) is 9.13. The van der Waals surface area contributed by atoms with Gasteiger partial charge in [0, 0.05) is 37.7 Å². The maximum Gasteiger partial charge on any atom is 0.289 e. The van der Waals surface area contributed by atoms with Crippen LogP contribution >= 0.6 is 11.6 Å². The Morgan fingerprint density at radius 1 is 1.23 bits per heavy atom. The molecular formula is C20H23ClN2O3. The summed E-state index contributed by atoms with van der Waals surface area (Å²) in [5, 5.41) is 0.615. The van der Waals surface area contributed by atoms with Crippen molar-refractivity contribution in [3.63, 3.8) is 0 Å². The molecule has 6 heteroatoms. The average molecular weight is 375 g/mol. The molecule has 1 aliphatic rings. The molecule has 0 saturated carbocycles. The molecule has 0 radical (unpaired) electrons. The summed E-state index contributed by atoms with van der Waals surface area (Å²) < 4.78 is 11.3. The Balaban J connectivity index is 1.56. The lowest BCUT2D eigenvalue weighted by Crippen LogP contribution is -2.35. The highest BCUT2D eigenvalue weighted by Crippen LogP contribution is 2.19. The molecule has 5 nitrogen and oxygen atoms in total. The van der Waals surface area contributed by atoms with Gasteiger partial charge in [0.05, 0.1) is 0 Å². The van der Waals surface area contributed by atoms with Crippen molar-refractivity contribution in [1.29, 1.82) is 0 Å². The van der Waals surface area contributed by atoms with E-state index in [1.54, 1.807) is 24.3 Å². The van der Waals surface area contributed by atoms with Crippen LogP contribution in [-0.4, -0.2) is 48.4 Å². The third-order valence-corrected chi connectivity index (χ3v) is 4.55. The Morgan fingerprint density at radius 3 is 2.92 bits per heavy atom. The van der Waals surface area contributed by atoms with Crippen LogP contribution in [0.4, 0.5) is 0 Å². The van der Waals surface area contributed by atoms with Crippen molar-refractivity contribution in [1.82, 2.24) is 9.80 Å². The van der Waals surface area contributed by atoms with E-state index in [2.05, 4.69) is 11.5 Å². The minimum atomic E-state index is -0.0699. The van der Waals surface area contributed by atoms with Crippen molar-refractivity contribution in [2.24, 2.45) is 0 Å². The van der Waals surface area contributed by atoms with Crippen molar-refractivity contribution < 1.29 is 13.9 Å². The summed E-state index contributed by atoms with van der Waals surface area (Å²) in [5.41, 5.74) is 0. The minimum absolute atomic E-state index is 0.0699. The van der Waals surface area contributed by atoms with Crippen LogP contribution in [0, 0.1) is 0 Å². The smallest absolute Gasteiger partial charge is 0.289 e.